The van der Waals surface area contributed by atoms with Crippen LogP contribution in [0.25, 0.3) is 12.2 Å². The highest BCUT2D eigenvalue weighted by Gasteiger charge is 2.38. The monoisotopic (exact) mass is 475 g/mol. The third kappa shape index (κ3) is 6.80. The van der Waals surface area contributed by atoms with Crippen LogP contribution in [-0.2, 0) is 10.2 Å². The predicted octanol–water partition coefficient (Wildman–Crippen LogP) is 1.25. The molecule has 0 saturated carbocycles. The third-order valence-corrected chi connectivity index (χ3v) is 4.28. The van der Waals surface area contributed by atoms with Gasteiger partial charge in [0.2, 0.25) is 0 Å². The Morgan fingerprint density at radius 3 is 1.97 bits per heavy atom. The Kier molecular flexibility index (Phi) is 7.63. The summed E-state index contributed by atoms with van der Waals surface area (Å²) in [5.41, 5.74) is 1.68. The van der Waals surface area contributed by atoms with Gasteiger partial charge >= 0.3 is 12.1 Å². The molecule has 0 saturated heterocycles. The first-order valence-corrected chi connectivity index (χ1v) is 9.62. The molecule has 1 aromatic carbocycles. The van der Waals surface area contributed by atoms with Crippen molar-refractivity contribution in [2.24, 2.45) is 0 Å². The molecule has 0 aliphatic heterocycles. The van der Waals surface area contributed by atoms with Crippen LogP contribution in [0.4, 0.5) is 13.2 Å². The van der Waals surface area contributed by atoms with E-state index in [4.69, 9.17) is 15.2 Å². The molecular weight excluding hydrogens is 455 g/mol. The van der Waals surface area contributed by atoms with Gasteiger partial charge < -0.3 is 20.1 Å². The maximum absolute atomic E-state index is 12.4. The van der Waals surface area contributed by atoms with Gasteiger partial charge in [0, 0.05) is 11.1 Å². The lowest BCUT2D eigenvalue weighted by atomic mass is 9.90. The van der Waals surface area contributed by atoms with Gasteiger partial charge in [0.15, 0.2) is 0 Å². The molecule has 4 N–H and O–H groups in total. The summed E-state index contributed by atoms with van der Waals surface area (Å²) in [5.74, 6) is -2.76. The average Bonchev–Trinajstić information content (AvgIpc) is 3.21. The zero-order valence-corrected chi connectivity index (χ0v) is 18.2. The molecule has 0 aliphatic carbocycles. The van der Waals surface area contributed by atoms with E-state index in [9.17, 15) is 22.8 Å². The second-order valence-corrected chi connectivity index (χ2v) is 7.97. The normalized spacial score (nSPS) is 12.6. The summed E-state index contributed by atoms with van der Waals surface area (Å²) < 4.78 is 31.7. The van der Waals surface area contributed by atoms with Gasteiger partial charge in [0.1, 0.15) is 10.7 Å². The summed E-state index contributed by atoms with van der Waals surface area (Å²) in [4.78, 5) is 46.2. The Morgan fingerprint density at radius 2 is 1.53 bits per heavy atom. The third-order valence-electron chi connectivity index (χ3n) is 4.28. The minimum Gasteiger partial charge on any atom is -0.475 e. The number of hydrogen-bond acceptors (Lipinski definition) is 5. The molecule has 0 spiro atoms. The minimum absolute atomic E-state index is 0.134. The van der Waals surface area contributed by atoms with Crippen LogP contribution in [0.2, 0.25) is 0 Å². The zero-order valence-electron chi connectivity index (χ0n) is 18.2. The lowest BCUT2D eigenvalue weighted by Gasteiger charge is -2.16. The number of aliphatic carboxylic acids is 1. The number of imidazole rings is 1. The van der Waals surface area contributed by atoms with Crippen molar-refractivity contribution >= 4 is 18.1 Å². The van der Waals surface area contributed by atoms with E-state index in [0.717, 1.165) is 5.69 Å². The largest absolute Gasteiger partial charge is 0.490 e. The minimum atomic E-state index is -5.08. The Bertz CT molecular complexity index is 1450. The fourth-order valence-electron chi connectivity index (χ4n) is 2.67. The Labute approximate surface area is 189 Å². The first kappa shape index (κ1) is 25.9. The van der Waals surface area contributed by atoms with Crippen LogP contribution in [0, 0.1) is 11.3 Å². The van der Waals surface area contributed by atoms with Crippen molar-refractivity contribution in [1.29, 1.82) is 5.26 Å². The van der Waals surface area contributed by atoms with Crippen molar-refractivity contribution in [3.63, 3.8) is 0 Å². The van der Waals surface area contributed by atoms with Crippen LogP contribution in [-0.4, -0.2) is 37.2 Å². The second-order valence-electron chi connectivity index (χ2n) is 7.97. The van der Waals surface area contributed by atoms with Gasteiger partial charge in [-0.2, -0.15) is 18.4 Å². The van der Waals surface area contributed by atoms with E-state index >= 15 is 0 Å². The number of halogens is 3. The molecule has 3 aromatic rings. The van der Waals surface area contributed by atoms with E-state index in [-0.39, 0.29) is 16.1 Å². The second kappa shape index (κ2) is 10.0. The molecule has 3 rings (SSSR count). The van der Waals surface area contributed by atoms with E-state index in [1.165, 1.54) is 0 Å². The van der Waals surface area contributed by atoms with E-state index < -0.39 is 23.3 Å². The molecule has 178 valence electrons. The summed E-state index contributed by atoms with van der Waals surface area (Å²) in [6.45, 7) is 6.08. The quantitative estimate of drug-likeness (QED) is 0.437. The number of nitriles is 1. The molecular formula is C22H20F3N5O4. The van der Waals surface area contributed by atoms with Crippen LogP contribution in [0.5, 0.6) is 0 Å². The van der Waals surface area contributed by atoms with Gasteiger partial charge in [-0.3, -0.25) is 9.59 Å². The number of alkyl halides is 3. The van der Waals surface area contributed by atoms with Crippen molar-refractivity contribution in [1.82, 2.24) is 19.9 Å². The van der Waals surface area contributed by atoms with E-state index in [1.54, 1.807) is 42.7 Å². The standard InChI is InChI=1S/C20H19N5O2.C2HF3O2/c1-20(2,3)17-14(22-11-23-17)9-16-19(27)24-15(18(26)25-16)8-12-4-6-13(10-21)7-5-12;3-2(4,5)1(6)7/h4-9,11H,1-3H3,(H,22,23)(H,24,27)(H,25,26);(H,6,7)/b15-8-,16-9-;. The number of carboxylic acids is 1. The molecule has 0 aliphatic rings. The lowest BCUT2D eigenvalue weighted by Crippen LogP contribution is -2.46. The van der Waals surface area contributed by atoms with Gasteiger partial charge in [-0.25, -0.2) is 9.78 Å². The molecule has 0 atom stereocenters. The number of H-pyrrole nitrogens is 3. The Hall–Kier alpha value is -4.40. The average molecular weight is 475 g/mol. The highest BCUT2D eigenvalue weighted by molar-refractivity contribution is 5.73. The molecule has 9 nitrogen and oxygen atoms in total. The maximum Gasteiger partial charge on any atom is 0.490 e. The number of aromatic amines is 3. The van der Waals surface area contributed by atoms with Gasteiger partial charge in [-0.15, -0.1) is 0 Å². The summed E-state index contributed by atoms with van der Waals surface area (Å²) in [5, 5.41) is 16.2. The van der Waals surface area contributed by atoms with Gasteiger partial charge in [0.25, 0.3) is 11.1 Å². The fraction of sp³-hybridized carbons (Fsp3) is 0.227. The highest BCUT2D eigenvalue weighted by Crippen LogP contribution is 2.22. The lowest BCUT2D eigenvalue weighted by molar-refractivity contribution is -0.192. The molecule has 2 aromatic heterocycles. The molecule has 2 heterocycles. The molecule has 0 amide bonds. The number of rotatable bonds is 2. The van der Waals surface area contributed by atoms with Gasteiger partial charge in [-0.1, -0.05) is 32.9 Å². The number of benzene rings is 1. The van der Waals surface area contributed by atoms with Crippen LogP contribution in [0.15, 0.2) is 40.2 Å². The van der Waals surface area contributed by atoms with Gasteiger partial charge in [0.05, 0.1) is 23.7 Å². The molecule has 12 heteroatoms. The Balaban J connectivity index is 0.000000509. The van der Waals surface area contributed by atoms with Crippen LogP contribution in [0.1, 0.15) is 43.3 Å². The first-order chi connectivity index (χ1) is 15.7. The van der Waals surface area contributed by atoms with Crippen molar-refractivity contribution in [3.8, 4) is 6.07 Å². The zero-order chi connectivity index (χ0) is 25.7. The SMILES string of the molecule is CC(C)(C)c1[nH]cnc1/C=c1\[nH]c(=O)/c(=C/c2ccc(C#N)cc2)[nH]c1=O.O=C(O)C(F)(F)F. The highest BCUT2D eigenvalue weighted by atomic mass is 19.4. The van der Waals surface area contributed by atoms with E-state index in [2.05, 4.69) is 19.9 Å². The number of aromatic nitrogens is 4. The van der Waals surface area contributed by atoms with Crippen molar-refractivity contribution < 1.29 is 23.1 Å². The van der Waals surface area contributed by atoms with Crippen molar-refractivity contribution in [3.05, 3.63) is 84.5 Å². The number of nitrogens with zero attached hydrogens (tertiary/aromatic N) is 2. The summed E-state index contributed by atoms with van der Waals surface area (Å²) in [6.07, 6.45) is -0.408. The molecule has 0 fully saturated rings. The summed E-state index contributed by atoms with van der Waals surface area (Å²) >= 11 is 0. The predicted molar refractivity (Wildman–Crippen MR) is 116 cm³/mol. The van der Waals surface area contributed by atoms with Gasteiger partial charge in [-0.05, 0) is 29.8 Å². The number of carbonyl (C=O) groups is 1. The summed E-state index contributed by atoms with van der Waals surface area (Å²) in [7, 11) is 0. The van der Waals surface area contributed by atoms with Crippen molar-refractivity contribution in [2.75, 3.05) is 0 Å². The smallest absolute Gasteiger partial charge is 0.475 e. The van der Waals surface area contributed by atoms with E-state index in [1.807, 2.05) is 26.8 Å². The molecule has 0 unspecified atom stereocenters. The Morgan fingerprint density at radius 1 is 1.03 bits per heavy atom. The molecule has 0 radical (unpaired) electrons. The number of carboxylic acid groups (broad SMARTS) is 1. The first-order valence-electron chi connectivity index (χ1n) is 9.62. The van der Waals surface area contributed by atoms with E-state index in [0.29, 0.717) is 16.8 Å². The van der Waals surface area contributed by atoms with Crippen molar-refractivity contribution in [2.45, 2.75) is 32.4 Å². The maximum atomic E-state index is 12.4. The molecule has 0 bridgehead atoms. The van der Waals surface area contributed by atoms with Crippen LogP contribution >= 0.6 is 0 Å². The number of hydrogen-bond donors (Lipinski definition) is 4. The topological polar surface area (TPSA) is 155 Å². The van der Waals surface area contributed by atoms with Crippen LogP contribution in [0.3, 0.4) is 0 Å². The summed E-state index contributed by atoms with van der Waals surface area (Å²) in [6, 6.07) is 8.73. The fourth-order valence-corrected chi connectivity index (χ4v) is 2.67. The van der Waals surface area contributed by atoms with Crippen LogP contribution < -0.4 is 21.8 Å². The number of nitrogens with one attached hydrogen (secondary N) is 3. The molecule has 34 heavy (non-hydrogen) atoms.